The molecule has 0 aliphatic rings. The second-order valence-corrected chi connectivity index (χ2v) is 6.63. The Morgan fingerprint density at radius 2 is 1.55 bits per heavy atom. The van der Waals surface area contributed by atoms with Gasteiger partial charge in [0.05, 0.1) is 5.69 Å². The van der Waals surface area contributed by atoms with E-state index in [1.165, 1.54) is 0 Å². The number of aromatic nitrogens is 2. The molecule has 0 saturated carbocycles. The van der Waals surface area contributed by atoms with E-state index in [-0.39, 0.29) is 5.82 Å². The fraction of sp³-hybridized carbons (Fsp3) is 0. The van der Waals surface area contributed by atoms with E-state index in [0.29, 0.717) is 27.8 Å². The molecule has 0 spiro atoms. The lowest BCUT2D eigenvalue weighted by molar-refractivity contribution is 0.215. The van der Waals surface area contributed by atoms with Gasteiger partial charge >= 0.3 is 6.09 Å². The number of ether oxygens (including phenoxy) is 1. The van der Waals surface area contributed by atoms with Crippen molar-refractivity contribution in [3.63, 3.8) is 0 Å². The van der Waals surface area contributed by atoms with Gasteiger partial charge in [-0.3, -0.25) is 5.32 Å². The van der Waals surface area contributed by atoms with E-state index in [4.69, 9.17) is 22.1 Å². The monoisotopic (exact) mass is 404 g/mol. The second-order valence-electron chi connectivity index (χ2n) is 6.19. The number of rotatable bonds is 4. The van der Waals surface area contributed by atoms with Crippen LogP contribution < -0.4 is 15.8 Å². The van der Waals surface area contributed by atoms with Crippen LogP contribution in [0, 0.1) is 0 Å². The summed E-state index contributed by atoms with van der Waals surface area (Å²) in [7, 11) is 0. The molecule has 0 unspecified atom stereocenters. The van der Waals surface area contributed by atoms with Crippen LogP contribution in [0.3, 0.4) is 0 Å². The van der Waals surface area contributed by atoms with Crippen molar-refractivity contribution in [3.8, 4) is 22.7 Å². The highest BCUT2D eigenvalue weighted by Gasteiger charge is 2.21. The molecule has 29 heavy (non-hydrogen) atoms. The summed E-state index contributed by atoms with van der Waals surface area (Å²) < 4.78 is 6.89. The maximum atomic E-state index is 12.5. The molecule has 1 amide bonds. The summed E-state index contributed by atoms with van der Waals surface area (Å²) in [4.78, 5) is 12.5. The minimum atomic E-state index is -0.657. The highest BCUT2D eigenvalue weighted by molar-refractivity contribution is 6.30. The molecule has 0 radical (unpaired) electrons. The average molecular weight is 405 g/mol. The van der Waals surface area contributed by atoms with Gasteiger partial charge in [-0.25, -0.2) is 9.48 Å². The Bertz CT molecular complexity index is 1130. The molecule has 1 aromatic heterocycles. The van der Waals surface area contributed by atoms with Crippen LogP contribution in [0.4, 0.5) is 16.3 Å². The number of para-hydroxylation sites is 1. The average Bonchev–Trinajstić information content (AvgIpc) is 3.06. The third-order valence-electron chi connectivity index (χ3n) is 4.22. The van der Waals surface area contributed by atoms with Crippen LogP contribution in [0.1, 0.15) is 0 Å². The zero-order chi connectivity index (χ0) is 20.2. The lowest BCUT2D eigenvalue weighted by Crippen LogP contribution is -2.18. The van der Waals surface area contributed by atoms with Gasteiger partial charge in [0.2, 0.25) is 0 Å². The molecule has 144 valence electrons. The highest BCUT2D eigenvalue weighted by atomic mass is 35.5. The lowest BCUT2D eigenvalue weighted by Gasteiger charge is -2.08. The standard InChI is InChI=1S/C22H17ClN4O2/c23-16-11-13-17(14-12-16)27-21(24)20(19(26-27)15-7-3-1-4-8-15)25-22(28)29-18-9-5-2-6-10-18/h1-14H,24H2,(H,25,28). The summed E-state index contributed by atoms with van der Waals surface area (Å²) in [6, 6.07) is 25.3. The first-order chi connectivity index (χ1) is 14.1. The maximum absolute atomic E-state index is 12.5. The normalized spacial score (nSPS) is 10.5. The minimum absolute atomic E-state index is 0.274. The predicted molar refractivity (Wildman–Crippen MR) is 115 cm³/mol. The molecule has 7 heteroatoms. The number of halogens is 1. The molecule has 0 aliphatic carbocycles. The zero-order valence-electron chi connectivity index (χ0n) is 15.2. The Morgan fingerprint density at radius 1 is 0.931 bits per heavy atom. The van der Waals surface area contributed by atoms with Crippen molar-refractivity contribution in [1.82, 2.24) is 9.78 Å². The molecule has 4 rings (SSSR count). The molecular formula is C22H17ClN4O2. The quantitative estimate of drug-likeness (QED) is 0.478. The van der Waals surface area contributed by atoms with Crippen molar-refractivity contribution in [2.75, 3.05) is 11.1 Å². The van der Waals surface area contributed by atoms with Crippen LogP contribution in [-0.2, 0) is 0 Å². The second kappa shape index (κ2) is 8.08. The maximum Gasteiger partial charge on any atom is 0.417 e. The molecule has 0 aliphatic heterocycles. The van der Waals surface area contributed by atoms with Gasteiger partial charge in [0.15, 0.2) is 5.82 Å². The number of hydrogen-bond acceptors (Lipinski definition) is 4. The van der Waals surface area contributed by atoms with E-state index in [0.717, 1.165) is 5.56 Å². The van der Waals surface area contributed by atoms with Crippen LogP contribution in [0.15, 0.2) is 84.9 Å². The van der Waals surface area contributed by atoms with Crippen LogP contribution in [-0.4, -0.2) is 15.9 Å². The van der Waals surface area contributed by atoms with Gasteiger partial charge in [0, 0.05) is 10.6 Å². The number of nitrogen functional groups attached to an aromatic ring is 1. The van der Waals surface area contributed by atoms with E-state index < -0.39 is 6.09 Å². The predicted octanol–water partition coefficient (Wildman–Crippen LogP) is 5.39. The molecule has 3 N–H and O–H groups in total. The van der Waals surface area contributed by atoms with Gasteiger partial charge in [-0.05, 0) is 36.4 Å². The zero-order valence-corrected chi connectivity index (χ0v) is 16.0. The molecule has 4 aromatic rings. The SMILES string of the molecule is Nc1c(NC(=O)Oc2ccccc2)c(-c2ccccc2)nn1-c1ccc(Cl)cc1. The Hall–Kier alpha value is -3.77. The van der Waals surface area contributed by atoms with Crippen LogP contribution in [0.5, 0.6) is 5.75 Å². The minimum Gasteiger partial charge on any atom is -0.410 e. The first-order valence-corrected chi connectivity index (χ1v) is 9.23. The van der Waals surface area contributed by atoms with Crippen molar-refractivity contribution in [2.24, 2.45) is 0 Å². The molecule has 3 aromatic carbocycles. The van der Waals surface area contributed by atoms with Gasteiger partial charge in [0.1, 0.15) is 17.1 Å². The number of nitrogens with two attached hydrogens (primary N) is 1. The van der Waals surface area contributed by atoms with Gasteiger partial charge < -0.3 is 10.5 Å². The summed E-state index contributed by atoms with van der Waals surface area (Å²) in [5, 5.41) is 7.95. The molecular weight excluding hydrogens is 388 g/mol. The molecule has 6 nitrogen and oxygen atoms in total. The third-order valence-corrected chi connectivity index (χ3v) is 4.47. The third kappa shape index (κ3) is 4.07. The lowest BCUT2D eigenvalue weighted by atomic mass is 10.1. The van der Waals surface area contributed by atoms with E-state index in [1.54, 1.807) is 53.2 Å². The topological polar surface area (TPSA) is 82.2 Å². The van der Waals surface area contributed by atoms with Crippen molar-refractivity contribution in [2.45, 2.75) is 0 Å². The Balaban J connectivity index is 1.72. The highest BCUT2D eigenvalue weighted by Crippen LogP contribution is 2.34. The van der Waals surface area contributed by atoms with Gasteiger partial charge in [-0.15, -0.1) is 0 Å². The fourth-order valence-electron chi connectivity index (χ4n) is 2.85. The molecule has 0 fully saturated rings. The van der Waals surface area contributed by atoms with E-state index in [9.17, 15) is 4.79 Å². The summed E-state index contributed by atoms with van der Waals surface area (Å²) in [6.45, 7) is 0. The number of carbonyl (C=O) groups is 1. The van der Waals surface area contributed by atoms with Crippen LogP contribution in [0.25, 0.3) is 16.9 Å². The van der Waals surface area contributed by atoms with Crippen molar-refractivity contribution >= 4 is 29.2 Å². The fourth-order valence-corrected chi connectivity index (χ4v) is 2.98. The summed E-state index contributed by atoms with van der Waals surface area (Å²) >= 11 is 5.98. The molecule has 1 heterocycles. The Labute approximate surface area is 172 Å². The first kappa shape index (κ1) is 18.6. The summed E-state index contributed by atoms with van der Waals surface area (Å²) in [5.41, 5.74) is 8.77. The smallest absolute Gasteiger partial charge is 0.410 e. The van der Waals surface area contributed by atoms with Crippen LogP contribution >= 0.6 is 11.6 Å². The number of benzene rings is 3. The van der Waals surface area contributed by atoms with Crippen LogP contribution in [0.2, 0.25) is 5.02 Å². The Kier molecular flexibility index (Phi) is 5.18. The number of nitrogens with zero attached hydrogens (tertiary/aromatic N) is 2. The molecule has 0 bridgehead atoms. The van der Waals surface area contributed by atoms with Crippen molar-refractivity contribution < 1.29 is 9.53 Å². The van der Waals surface area contributed by atoms with Crippen molar-refractivity contribution in [1.29, 1.82) is 0 Å². The summed E-state index contributed by atoms with van der Waals surface area (Å²) in [5.74, 6) is 0.700. The number of hydrogen-bond donors (Lipinski definition) is 2. The van der Waals surface area contributed by atoms with E-state index >= 15 is 0 Å². The van der Waals surface area contributed by atoms with E-state index in [2.05, 4.69) is 10.4 Å². The summed E-state index contributed by atoms with van der Waals surface area (Å²) in [6.07, 6.45) is -0.657. The van der Waals surface area contributed by atoms with Gasteiger partial charge in [0.25, 0.3) is 0 Å². The van der Waals surface area contributed by atoms with Gasteiger partial charge in [-0.2, -0.15) is 5.10 Å². The first-order valence-electron chi connectivity index (χ1n) is 8.85. The van der Waals surface area contributed by atoms with Crippen molar-refractivity contribution in [3.05, 3.63) is 90.0 Å². The number of amides is 1. The van der Waals surface area contributed by atoms with Gasteiger partial charge in [-0.1, -0.05) is 60.1 Å². The molecule has 0 atom stereocenters. The largest absolute Gasteiger partial charge is 0.417 e. The van der Waals surface area contributed by atoms with E-state index in [1.807, 2.05) is 36.4 Å². The number of carbonyl (C=O) groups excluding carboxylic acids is 1. The molecule has 0 saturated heterocycles. The Morgan fingerprint density at radius 3 is 2.21 bits per heavy atom. The number of nitrogens with one attached hydrogen (secondary N) is 1. The number of anilines is 2.